The first-order chi connectivity index (χ1) is 10.2. The van der Waals surface area contributed by atoms with Crippen molar-refractivity contribution in [1.82, 2.24) is 4.98 Å². The second-order valence-corrected chi connectivity index (χ2v) is 4.56. The predicted molar refractivity (Wildman–Crippen MR) is 82.4 cm³/mol. The summed E-state index contributed by atoms with van der Waals surface area (Å²) in [6, 6.07) is 9.72. The molecule has 2 aromatic rings. The molecule has 5 nitrogen and oxygen atoms in total. The fraction of sp³-hybridized carbons (Fsp3) is 0.312. The van der Waals surface area contributed by atoms with E-state index in [0.717, 1.165) is 11.4 Å². The van der Waals surface area contributed by atoms with Crippen molar-refractivity contribution >= 4 is 5.69 Å². The summed E-state index contributed by atoms with van der Waals surface area (Å²) >= 11 is 0. The van der Waals surface area contributed by atoms with Crippen molar-refractivity contribution < 1.29 is 14.2 Å². The van der Waals surface area contributed by atoms with E-state index in [4.69, 9.17) is 14.2 Å². The Bertz CT molecular complexity index is 562. The zero-order valence-electron chi connectivity index (χ0n) is 12.8. The van der Waals surface area contributed by atoms with Gasteiger partial charge in [0.1, 0.15) is 0 Å². The highest BCUT2D eigenvalue weighted by molar-refractivity contribution is 5.63. The van der Waals surface area contributed by atoms with Gasteiger partial charge in [0.25, 0.3) is 0 Å². The number of rotatable bonds is 6. The number of hydrogen-bond donors (Lipinski definition) is 0. The first kappa shape index (κ1) is 15.0. The fourth-order valence-electron chi connectivity index (χ4n) is 2.11. The fourth-order valence-corrected chi connectivity index (χ4v) is 2.11. The van der Waals surface area contributed by atoms with Crippen molar-refractivity contribution in [3.05, 3.63) is 42.2 Å². The molecule has 1 aromatic heterocycles. The van der Waals surface area contributed by atoms with Crippen LogP contribution >= 0.6 is 0 Å². The third-order valence-corrected chi connectivity index (χ3v) is 3.22. The number of nitrogens with zero attached hydrogens (tertiary/aromatic N) is 2. The van der Waals surface area contributed by atoms with Gasteiger partial charge in [-0.3, -0.25) is 4.98 Å². The van der Waals surface area contributed by atoms with Gasteiger partial charge in [-0.1, -0.05) is 6.07 Å². The van der Waals surface area contributed by atoms with Crippen LogP contribution in [0, 0.1) is 0 Å². The first-order valence-corrected chi connectivity index (χ1v) is 6.60. The Hall–Kier alpha value is -2.43. The number of anilines is 1. The van der Waals surface area contributed by atoms with Crippen LogP contribution in [-0.2, 0) is 6.54 Å². The Kier molecular flexibility index (Phi) is 4.87. The van der Waals surface area contributed by atoms with Crippen LogP contribution in [0.1, 0.15) is 5.69 Å². The molecule has 1 aromatic carbocycles. The lowest BCUT2D eigenvalue weighted by atomic mass is 10.2. The van der Waals surface area contributed by atoms with Gasteiger partial charge in [0.05, 0.1) is 33.6 Å². The van der Waals surface area contributed by atoms with E-state index in [9.17, 15) is 0 Å². The summed E-state index contributed by atoms with van der Waals surface area (Å²) < 4.78 is 16.1. The molecule has 0 atom stereocenters. The van der Waals surface area contributed by atoms with Crippen LogP contribution in [0.4, 0.5) is 5.69 Å². The Morgan fingerprint density at radius 3 is 2.14 bits per heavy atom. The van der Waals surface area contributed by atoms with E-state index < -0.39 is 0 Å². The van der Waals surface area contributed by atoms with Crippen LogP contribution in [0.5, 0.6) is 17.2 Å². The second-order valence-electron chi connectivity index (χ2n) is 4.56. The lowest BCUT2D eigenvalue weighted by Crippen LogP contribution is -2.17. The predicted octanol–water partition coefficient (Wildman–Crippen LogP) is 2.74. The highest BCUT2D eigenvalue weighted by atomic mass is 16.5. The molecule has 0 spiro atoms. The Labute approximate surface area is 125 Å². The summed E-state index contributed by atoms with van der Waals surface area (Å²) in [6.07, 6.45) is 1.79. The van der Waals surface area contributed by atoms with E-state index >= 15 is 0 Å². The zero-order valence-corrected chi connectivity index (χ0v) is 12.8. The molecule has 0 aliphatic heterocycles. The zero-order chi connectivity index (χ0) is 15.2. The molecule has 0 saturated heterocycles. The van der Waals surface area contributed by atoms with Crippen LogP contribution in [0.3, 0.4) is 0 Å². The van der Waals surface area contributed by atoms with E-state index in [0.29, 0.717) is 23.8 Å². The molecule has 0 aliphatic rings. The molecule has 0 saturated carbocycles. The maximum absolute atomic E-state index is 5.37. The summed E-state index contributed by atoms with van der Waals surface area (Å²) in [5.41, 5.74) is 1.96. The average Bonchev–Trinajstić information content (AvgIpc) is 2.54. The van der Waals surface area contributed by atoms with Crippen molar-refractivity contribution in [2.24, 2.45) is 0 Å². The summed E-state index contributed by atoms with van der Waals surface area (Å²) in [6.45, 7) is 0.694. The SMILES string of the molecule is COc1cc(N(C)Cc2ccccn2)cc(OC)c1OC. The van der Waals surface area contributed by atoms with Crippen LogP contribution in [-0.4, -0.2) is 33.4 Å². The van der Waals surface area contributed by atoms with Gasteiger partial charge in [0.15, 0.2) is 11.5 Å². The summed E-state index contributed by atoms with van der Waals surface area (Å²) in [5.74, 6) is 1.87. The molecule has 0 fully saturated rings. The molecule has 1 heterocycles. The molecule has 0 unspecified atom stereocenters. The van der Waals surface area contributed by atoms with Crippen LogP contribution in [0.25, 0.3) is 0 Å². The molecule has 0 radical (unpaired) electrons. The van der Waals surface area contributed by atoms with Gasteiger partial charge >= 0.3 is 0 Å². The first-order valence-electron chi connectivity index (χ1n) is 6.60. The van der Waals surface area contributed by atoms with Crippen molar-refractivity contribution in [3.8, 4) is 17.2 Å². The molecule has 0 N–H and O–H groups in total. The molecule has 0 bridgehead atoms. The van der Waals surface area contributed by atoms with E-state index in [2.05, 4.69) is 9.88 Å². The summed E-state index contributed by atoms with van der Waals surface area (Å²) in [7, 11) is 6.81. The number of pyridine rings is 1. The monoisotopic (exact) mass is 288 g/mol. The Morgan fingerprint density at radius 2 is 1.67 bits per heavy atom. The topological polar surface area (TPSA) is 43.8 Å². The molecule has 112 valence electrons. The second kappa shape index (κ2) is 6.83. The number of hydrogen-bond acceptors (Lipinski definition) is 5. The van der Waals surface area contributed by atoms with Crippen molar-refractivity contribution in [2.75, 3.05) is 33.3 Å². The number of methoxy groups -OCH3 is 3. The third-order valence-electron chi connectivity index (χ3n) is 3.22. The van der Waals surface area contributed by atoms with Gasteiger partial charge in [0, 0.05) is 31.1 Å². The Balaban J connectivity index is 2.30. The maximum atomic E-state index is 5.37. The standard InChI is InChI=1S/C16H20N2O3/c1-18(11-12-7-5-6-8-17-12)13-9-14(19-2)16(21-4)15(10-13)20-3/h5-10H,11H2,1-4H3. The van der Waals surface area contributed by atoms with Crippen LogP contribution in [0.2, 0.25) is 0 Å². The normalized spacial score (nSPS) is 10.1. The summed E-state index contributed by atoms with van der Waals surface area (Å²) in [5, 5.41) is 0. The minimum Gasteiger partial charge on any atom is -0.493 e. The number of aromatic nitrogens is 1. The van der Waals surface area contributed by atoms with Crippen LogP contribution < -0.4 is 19.1 Å². The Morgan fingerprint density at radius 1 is 1.00 bits per heavy atom. The lowest BCUT2D eigenvalue weighted by molar-refractivity contribution is 0.324. The molecule has 5 heteroatoms. The maximum Gasteiger partial charge on any atom is 0.203 e. The van der Waals surface area contributed by atoms with Crippen molar-refractivity contribution in [3.63, 3.8) is 0 Å². The quantitative estimate of drug-likeness (QED) is 0.817. The van der Waals surface area contributed by atoms with Crippen molar-refractivity contribution in [1.29, 1.82) is 0 Å². The third kappa shape index (κ3) is 3.37. The van der Waals surface area contributed by atoms with Crippen molar-refractivity contribution in [2.45, 2.75) is 6.54 Å². The molecule has 0 amide bonds. The van der Waals surface area contributed by atoms with Gasteiger partial charge in [0.2, 0.25) is 5.75 Å². The van der Waals surface area contributed by atoms with Crippen LogP contribution in [0.15, 0.2) is 36.5 Å². The smallest absolute Gasteiger partial charge is 0.203 e. The van der Waals surface area contributed by atoms with Gasteiger partial charge in [-0.05, 0) is 12.1 Å². The number of ether oxygens (including phenoxy) is 3. The molecule has 2 rings (SSSR count). The highest BCUT2D eigenvalue weighted by Crippen LogP contribution is 2.40. The molecular formula is C16H20N2O3. The van der Waals surface area contributed by atoms with E-state index in [1.807, 2.05) is 37.4 Å². The number of benzene rings is 1. The van der Waals surface area contributed by atoms with E-state index in [1.165, 1.54) is 0 Å². The van der Waals surface area contributed by atoms with Gasteiger partial charge < -0.3 is 19.1 Å². The molecule has 21 heavy (non-hydrogen) atoms. The van der Waals surface area contributed by atoms with E-state index in [-0.39, 0.29) is 0 Å². The highest BCUT2D eigenvalue weighted by Gasteiger charge is 2.15. The molecular weight excluding hydrogens is 268 g/mol. The van der Waals surface area contributed by atoms with Gasteiger partial charge in [-0.2, -0.15) is 0 Å². The van der Waals surface area contributed by atoms with Gasteiger partial charge in [-0.25, -0.2) is 0 Å². The largest absolute Gasteiger partial charge is 0.493 e. The van der Waals surface area contributed by atoms with E-state index in [1.54, 1.807) is 27.5 Å². The van der Waals surface area contributed by atoms with Gasteiger partial charge in [-0.15, -0.1) is 0 Å². The average molecular weight is 288 g/mol. The summed E-state index contributed by atoms with van der Waals surface area (Å²) in [4.78, 5) is 6.41. The minimum absolute atomic E-state index is 0.593. The lowest BCUT2D eigenvalue weighted by Gasteiger charge is -2.22. The minimum atomic E-state index is 0.593. The molecule has 0 aliphatic carbocycles.